The molecule has 0 aliphatic carbocycles. The molecule has 3 aliphatic heterocycles. The Hall–Kier alpha value is -0.200. The molecule has 3 fully saturated rings. The lowest BCUT2D eigenvalue weighted by Crippen LogP contribution is -2.46. The minimum atomic E-state index is 1.20. The summed E-state index contributed by atoms with van der Waals surface area (Å²) < 4.78 is 0. The van der Waals surface area contributed by atoms with E-state index >= 15 is 0 Å². The first-order chi connectivity index (χ1) is 10.8. The van der Waals surface area contributed by atoms with Crippen molar-refractivity contribution in [3.05, 3.63) is 0 Å². The van der Waals surface area contributed by atoms with Gasteiger partial charge in [0.15, 0.2) is 0 Å². The molecule has 0 N–H and O–H groups in total. The molecular formula is C17H35N5. The molecule has 0 unspecified atom stereocenters. The quantitative estimate of drug-likeness (QED) is 0.670. The van der Waals surface area contributed by atoms with Crippen molar-refractivity contribution >= 4 is 0 Å². The van der Waals surface area contributed by atoms with E-state index in [9.17, 15) is 0 Å². The molecule has 0 radical (unpaired) electrons. The minimum Gasteiger partial charge on any atom is -0.304 e. The van der Waals surface area contributed by atoms with E-state index in [1.165, 1.54) is 104 Å². The van der Waals surface area contributed by atoms with E-state index in [0.29, 0.717) is 0 Å². The summed E-state index contributed by atoms with van der Waals surface area (Å²) >= 11 is 0. The van der Waals surface area contributed by atoms with Gasteiger partial charge in [0.2, 0.25) is 0 Å². The highest BCUT2D eigenvalue weighted by atomic mass is 15.4. The first-order valence-corrected chi connectivity index (χ1v) is 9.37. The highest BCUT2D eigenvalue weighted by Crippen LogP contribution is 2.10. The van der Waals surface area contributed by atoms with Crippen LogP contribution in [0.4, 0.5) is 0 Å². The van der Waals surface area contributed by atoms with Crippen LogP contribution in [0.15, 0.2) is 0 Å². The van der Waals surface area contributed by atoms with Crippen molar-refractivity contribution in [1.29, 1.82) is 0 Å². The summed E-state index contributed by atoms with van der Waals surface area (Å²) in [5, 5.41) is 0. The van der Waals surface area contributed by atoms with Crippen molar-refractivity contribution in [1.82, 2.24) is 24.5 Å². The normalized spacial score (nSPS) is 27.1. The second kappa shape index (κ2) is 8.60. The summed E-state index contributed by atoms with van der Waals surface area (Å²) in [6, 6.07) is 0. The largest absolute Gasteiger partial charge is 0.304 e. The third-order valence-electron chi connectivity index (χ3n) is 5.61. The smallest absolute Gasteiger partial charge is 0.0507 e. The van der Waals surface area contributed by atoms with Crippen LogP contribution in [0.3, 0.4) is 0 Å². The second-order valence-electron chi connectivity index (χ2n) is 7.42. The molecule has 0 bridgehead atoms. The topological polar surface area (TPSA) is 16.2 Å². The van der Waals surface area contributed by atoms with Crippen LogP contribution in [0.25, 0.3) is 0 Å². The lowest BCUT2D eigenvalue weighted by molar-refractivity contribution is 0.135. The number of nitrogens with zero attached hydrogens (tertiary/aromatic N) is 5. The van der Waals surface area contributed by atoms with Gasteiger partial charge < -0.3 is 9.80 Å². The summed E-state index contributed by atoms with van der Waals surface area (Å²) in [6.45, 7) is 16.6. The highest BCUT2D eigenvalue weighted by molar-refractivity contribution is 4.75. The van der Waals surface area contributed by atoms with Crippen LogP contribution >= 0.6 is 0 Å². The van der Waals surface area contributed by atoms with Crippen LogP contribution < -0.4 is 0 Å². The standard InChI is InChI=1S/C17H35N5/c1-18-9-11-20(12-10-18)13-14-22-16-15-21(17-22)8-4-7-19-5-2-3-6-19/h2-17H2,1H3. The number of piperazine rings is 1. The second-order valence-corrected chi connectivity index (χ2v) is 7.42. The van der Waals surface area contributed by atoms with Gasteiger partial charge in [-0.3, -0.25) is 14.7 Å². The number of likely N-dealkylation sites (tertiary alicyclic amines) is 1. The van der Waals surface area contributed by atoms with Gasteiger partial charge in [0.25, 0.3) is 0 Å². The Balaban J connectivity index is 1.24. The van der Waals surface area contributed by atoms with E-state index in [-0.39, 0.29) is 0 Å². The van der Waals surface area contributed by atoms with Crippen LogP contribution in [0.2, 0.25) is 0 Å². The summed E-state index contributed by atoms with van der Waals surface area (Å²) in [7, 11) is 2.23. The maximum absolute atomic E-state index is 2.65. The van der Waals surface area contributed by atoms with Gasteiger partial charge in [0, 0.05) is 58.9 Å². The van der Waals surface area contributed by atoms with Crippen LogP contribution in [0, 0.1) is 0 Å². The van der Waals surface area contributed by atoms with E-state index in [0.717, 1.165) is 0 Å². The molecule has 0 aromatic carbocycles. The van der Waals surface area contributed by atoms with Crippen LogP contribution in [-0.2, 0) is 0 Å². The van der Waals surface area contributed by atoms with Crippen molar-refractivity contribution in [2.45, 2.75) is 19.3 Å². The highest BCUT2D eigenvalue weighted by Gasteiger charge is 2.21. The summed E-state index contributed by atoms with van der Waals surface area (Å²) in [5.74, 6) is 0. The van der Waals surface area contributed by atoms with Gasteiger partial charge in [-0.1, -0.05) is 0 Å². The number of likely N-dealkylation sites (N-methyl/N-ethyl adjacent to an activating group) is 1. The Morgan fingerprint density at radius 3 is 1.77 bits per heavy atom. The van der Waals surface area contributed by atoms with Gasteiger partial charge in [-0.25, -0.2) is 0 Å². The minimum absolute atomic E-state index is 1.20. The zero-order valence-corrected chi connectivity index (χ0v) is 14.5. The SMILES string of the molecule is CN1CCN(CCN2CCN(CCCN3CCCC3)C2)CC1. The van der Waals surface area contributed by atoms with Gasteiger partial charge in [-0.15, -0.1) is 0 Å². The molecule has 0 aromatic heterocycles. The van der Waals surface area contributed by atoms with Crippen molar-refractivity contribution < 1.29 is 0 Å². The Morgan fingerprint density at radius 2 is 1.05 bits per heavy atom. The Morgan fingerprint density at radius 1 is 0.545 bits per heavy atom. The molecule has 22 heavy (non-hydrogen) atoms. The van der Waals surface area contributed by atoms with Crippen molar-refractivity contribution in [3.8, 4) is 0 Å². The van der Waals surface area contributed by atoms with Gasteiger partial charge >= 0.3 is 0 Å². The Labute approximate surface area is 136 Å². The molecule has 0 atom stereocenters. The molecule has 3 saturated heterocycles. The number of hydrogen-bond acceptors (Lipinski definition) is 5. The summed E-state index contributed by atoms with van der Waals surface area (Å²) in [4.78, 5) is 13.0. The molecule has 3 rings (SSSR count). The fourth-order valence-electron chi connectivity index (χ4n) is 3.95. The number of hydrogen-bond donors (Lipinski definition) is 0. The molecule has 0 amide bonds. The van der Waals surface area contributed by atoms with Crippen molar-refractivity contribution in [2.75, 3.05) is 92.3 Å². The van der Waals surface area contributed by atoms with E-state index in [2.05, 4.69) is 31.5 Å². The molecule has 0 saturated carbocycles. The van der Waals surface area contributed by atoms with Gasteiger partial charge in [-0.05, 0) is 45.9 Å². The molecule has 0 aromatic rings. The molecule has 0 spiro atoms. The van der Waals surface area contributed by atoms with Gasteiger partial charge in [-0.2, -0.15) is 0 Å². The van der Waals surface area contributed by atoms with Crippen LogP contribution in [0.5, 0.6) is 0 Å². The summed E-state index contributed by atoms with van der Waals surface area (Å²) in [5.41, 5.74) is 0. The number of rotatable bonds is 7. The molecule has 3 aliphatic rings. The third kappa shape index (κ3) is 5.17. The lowest BCUT2D eigenvalue weighted by atomic mass is 10.3. The predicted molar refractivity (Wildman–Crippen MR) is 92.2 cm³/mol. The van der Waals surface area contributed by atoms with E-state index in [1.807, 2.05) is 0 Å². The fraction of sp³-hybridized carbons (Fsp3) is 1.00. The van der Waals surface area contributed by atoms with E-state index in [4.69, 9.17) is 0 Å². The Kier molecular flexibility index (Phi) is 6.51. The zero-order chi connectivity index (χ0) is 15.2. The maximum Gasteiger partial charge on any atom is 0.0507 e. The van der Waals surface area contributed by atoms with Crippen molar-refractivity contribution in [3.63, 3.8) is 0 Å². The lowest BCUT2D eigenvalue weighted by Gasteiger charge is -2.33. The van der Waals surface area contributed by atoms with Crippen LogP contribution in [0.1, 0.15) is 19.3 Å². The first-order valence-electron chi connectivity index (χ1n) is 9.37. The average molecular weight is 310 g/mol. The maximum atomic E-state index is 2.65. The van der Waals surface area contributed by atoms with E-state index in [1.54, 1.807) is 0 Å². The predicted octanol–water partition coefficient (Wildman–Crippen LogP) is 0.295. The first kappa shape index (κ1) is 16.7. The summed E-state index contributed by atoms with van der Waals surface area (Å²) in [6.07, 6.45) is 4.19. The molecule has 3 heterocycles. The van der Waals surface area contributed by atoms with Gasteiger partial charge in [0.05, 0.1) is 6.67 Å². The molecule has 5 heteroatoms. The monoisotopic (exact) mass is 309 g/mol. The van der Waals surface area contributed by atoms with Gasteiger partial charge in [0.1, 0.15) is 0 Å². The third-order valence-corrected chi connectivity index (χ3v) is 5.61. The van der Waals surface area contributed by atoms with Crippen molar-refractivity contribution in [2.24, 2.45) is 0 Å². The zero-order valence-electron chi connectivity index (χ0n) is 14.5. The van der Waals surface area contributed by atoms with Crippen LogP contribution in [-0.4, -0.2) is 117 Å². The average Bonchev–Trinajstić information content (AvgIpc) is 3.19. The Bertz CT molecular complexity index is 310. The van der Waals surface area contributed by atoms with E-state index < -0.39 is 0 Å². The molecule has 5 nitrogen and oxygen atoms in total. The molecular weight excluding hydrogens is 274 g/mol. The fourth-order valence-corrected chi connectivity index (χ4v) is 3.95. The molecule has 128 valence electrons.